The number of fused-ring (bicyclic) bond motifs is 1. The number of rotatable bonds is 5. The van der Waals surface area contributed by atoms with Crippen molar-refractivity contribution in [2.24, 2.45) is 0 Å². The summed E-state index contributed by atoms with van der Waals surface area (Å²) in [6.07, 6.45) is 1.67. The standard InChI is InChI=1S/C17H27N5S/c1-5-21-6-8-22(9-7-21)12(2)10-18-16-15-13(3)14(4)23-17(15)20-11-19-16/h11-12H,5-10H2,1-4H3,(H,18,19,20). The quantitative estimate of drug-likeness (QED) is 0.911. The van der Waals surface area contributed by atoms with Gasteiger partial charge in [0.1, 0.15) is 17.0 Å². The van der Waals surface area contributed by atoms with E-state index >= 15 is 0 Å². The Balaban J connectivity index is 1.64. The summed E-state index contributed by atoms with van der Waals surface area (Å²) in [5.74, 6) is 0.982. The number of aromatic nitrogens is 2. The highest BCUT2D eigenvalue weighted by atomic mass is 32.1. The second-order valence-corrected chi connectivity index (χ2v) is 7.59. The third kappa shape index (κ3) is 3.49. The number of aryl methyl sites for hydroxylation is 2. The Morgan fingerprint density at radius 1 is 1.22 bits per heavy atom. The van der Waals surface area contributed by atoms with Gasteiger partial charge in [0, 0.05) is 43.6 Å². The van der Waals surface area contributed by atoms with Crippen molar-refractivity contribution in [2.45, 2.75) is 33.7 Å². The summed E-state index contributed by atoms with van der Waals surface area (Å²) in [4.78, 5) is 16.4. The van der Waals surface area contributed by atoms with Gasteiger partial charge in [-0.1, -0.05) is 6.92 Å². The Hall–Kier alpha value is -1.24. The maximum absolute atomic E-state index is 4.48. The van der Waals surface area contributed by atoms with Crippen molar-refractivity contribution in [1.82, 2.24) is 19.8 Å². The lowest BCUT2D eigenvalue weighted by atomic mass is 10.2. The highest BCUT2D eigenvalue weighted by Crippen LogP contribution is 2.32. The van der Waals surface area contributed by atoms with Gasteiger partial charge in [0.2, 0.25) is 0 Å². The molecule has 0 aromatic carbocycles. The van der Waals surface area contributed by atoms with Crippen LogP contribution >= 0.6 is 11.3 Å². The maximum Gasteiger partial charge on any atom is 0.138 e. The molecule has 2 aromatic rings. The lowest BCUT2D eigenvalue weighted by molar-refractivity contribution is 0.110. The summed E-state index contributed by atoms with van der Waals surface area (Å²) >= 11 is 1.75. The lowest BCUT2D eigenvalue weighted by Gasteiger charge is -2.37. The van der Waals surface area contributed by atoms with Crippen LogP contribution in [0.3, 0.4) is 0 Å². The number of hydrogen-bond acceptors (Lipinski definition) is 6. The molecule has 0 radical (unpaired) electrons. The number of anilines is 1. The molecule has 3 rings (SSSR count). The van der Waals surface area contributed by atoms with Gasteiger partial charge >= 0.3 is 0 Å². The van der Waals surface area contributed by atoms with Gasteiger partial charge in [-0.2, -0.15) is 0 Å². The molecule has 0 spiro atoms. The molecule has 126 valence electrons. The Kier molecular flexibility index (Phi) is 5.14. The van der Waals surface area contributed by atoms with Gasteiger partial charge in [0.25, 0.3) is 0 Å². The molecule has 0 amide bonds. The number of nitrogens with zero attached hydrogens (tertiary/aromatic N) is 4. The van der Waals surface area contributed by atoms with E-state index in [0.29, 0.717) is 6.04 Å². The van der Waals surface area contributed by atoms with Crippen LogP contribution in [-0.2, 0) is 0 Å². The fourth-order valence-corrected chi connectivity index (χ4v) is 4.21. The monoisotopic (exact) mass is 333 g/mol. The van der Waals surface area contributed by atoms with Crippen molar-refractivity contribution in [2.75, 3.05) is 44.6 Å². The van der Waals surface area contributed by atoms with E-state index in [1.807, 2.05) is 0 Å². The van der Waals surface area contributed by atoms with E-state index in [1.165, 1.54) is 28.9 Å². The van der Waals surface area contributed by atoms with E-state index in [4.69, 9.17) is 0 Å². The van der Waals surface area contributed by atoms with Gasteiger partial charge in [0.05, 0.1) is 5.39 Å². The van der Waals surface area contributed by atoms with E-state index in [2.05, 4.69) is 52.8 Å². The minimum Gasteiger partial charge on any atom is -0.368 e. The van der Waals surface area contributed by atoms with E-state index in [9.17, 15) is 0 Å². The smallest absolute Gasteiger partial charge is 0.138 e. The van der Waals surface area contributed by atoms with Gasteiger partial charge in [0.15, 0.2) is 0 Å². The predicted octanol–water partition coefficient (Wildman–Crippen LogP) is 2.75. The van der Waals surface area contributed by atoms with E-state index in [-0.39, 0.29) is 0 Å². The maximum atomic E-state index is 4.48. The van der Waals surface area contributed by atoms with Crippen molar-refractivity contribution in [3.63, 3.8) is 0 Å². The molecular formula is C17H27N5S. The zero-order valence-electron chi connectivity index (χ0n) is 14.6. The van der Waals surface area contributed by atoms with E-state index in [0.717, 1.165) is 36.8 Å². The molecule has 0 saturated carbocycles. The number of likely N-dealkylation sites (N-methyl/N-ethyl adjacent to an activating group) is 1. The normalized spacial score (nSPS) is 18.4. The Bertz CT molecular complexity index is 660. The van der Waals surface area contributed by atoms with Gasteiger partial charge < -0.3 is 10.2 Å². The second kappa shape index (κ2) is 7.11. The fourth-order valence-electron chi connectivity index (χ4n) is 3.21. The minimum absolute atomic E-state index is 0.513. The van der Waals surface area contributed by atoms with Crippen LogP contribution in [0.4, 0.5) is 5.82 Å². The predicted molar refractivity (Wildman–Crippen MR) is 98.5 cm³/mol. The first kappa shape index (κ1) is 16.6. The van der Waals surface area contributed by atoms with Crippen molar-refractivity contribution in [3.8, 4) is 0 Å². The van der Waals surface area contributed by atoms with Gasteiger partial charge in [-0.15, -0.1) is 11.3 Å². The molecule has 1 fully saturated rings. The summed E-state index contributed by atoms with van der Waals surface area (Å²) < 4.78 is 0. The molecule has 0 bridgehead atoms. The molecule has 3 heterocycles. The molecule has 1 atom stereocenters. The Morgan fingerprint density at radius 3 is 2.65 bits per heavy atom. The van der Waals surface area contributed by atoms with Crippen molar-refractivity contribution >= 4 is 27.4 Å². The lowest BCUT2D eigenvalue weighted by Crippen LogP contribution is -2.51. The fraction of sp³-hybridized carbons (Fsp3) is 0.647. The van der Waals surface area contributed by atoms with Crippen LogP contribution in [0.5, 0.6) is 0 Å². The first-order valence-electron chi connectivity index (χ1n) is 8.51. The van der Waals surface area contributed by atoms with Crippen LogP contribution < -0.4 is 5.32 Å². The van der Waals surface area contributed by atoms with Crippen LogP contribution in [0, 0.1) is 13.8 Å². The molecule has 1 N–H and O–H groups in total. The molecule has 1 aliphatic heterocycles. The average molecular weight is 334 g/mol. The van der Waals surface area contributed by atoms with Crippen LogP contribution in [0.1, 0.15) is 24.3 Å². The molecule has 0 aliphatic carbocycles. The minimum atomic E-state index is 0.513. The number of hydrogen-bond donors (Lipinski definition) is 1. The highest BCUT2D eigenvalue weighted by Gasteiger charge is 2.20. The first-order chi connectivity index (χ1) is 11.1. The molecule has 6 heteroatoms. The zero-order chi connectivity index (χ0) is 16.4. The first-order valence-corrected chi connectivity index (χ1v) is 9.32. The molecule has 2 aromatic heterocycles. The molecule has 5 nitrogen and oxygen atoms in total. The average Bonchev–Trinajstić information content (AvgIpc) is 2.88. The van der Waals surface area contributed by atoms with Gasteiger partial charge in [-0.05, 0) is 32.9 Å². The van der Waals surface area contributed by atoms with Crippen LogP contribution in [0.25, 0.3) is 10.2 Å². The number of piperazine rings is 1. The van der Waals surface area contributed by atoms with Crippen LogP contribution in [0.2, 0.25) is 0 Å². The largest absolute Gasteiger partial charge is 0.368 e. The number of thiophene rings is 1. The number of nitrogens with one attached hydrogen (secondary N) is 1. The van der Waals surface area contributed by atoms with Crippen molar-refractivity contribution < 1.29 is 0 Å². The third-order valence-electron chi connectivity index (χ3n) is 5.01. The summed E-state index contributed by atoms with van der Waals surface area (Å²) in [7, 11) is 0. The van der Waals surface area contributed by atoms with Crippen molar-refractivity contribution in [3.05, 3.63) is 16.8 Å². The van der Waals surface area contributed by atoms with Crippen LogP contribution in [-0.4, -0.2) is 65.1 Å². The molecule has 23 heavy (non-hydrogen) atoms. The zero-order valence-corrected chi connectivity index (χ0v) is 15.4. The molecular weight excluding hydrogens is 306 g/mol. The summed E-state index contributed by atoms with van der Waals surface area (Å²) in [6, 6.07) is 0.513. The molecule has 1 aliphatic rings. The molecule has 1 saturated heterocycles. The van der Waals surface area contributed by atoms with Gasteiger partial charge in [-0.25, -0.2) is 9.97 Å². The Morgan fingerprint density at radius 2 is 1.96 bits per heavy atom. The summed E-state index contributed by atoms with van der Waals surface area (Å²) in [6.45, 7) is 15.6. The summed E-state index contributed by atoms with van der Waals surface area (Å²) in [5, 5.41) is 4.76. The summed E-state index contributed by atoms with van der Waals surface area (Å²) in [5.41, 5.74) is 1.30. The third-order valence-corrected chi connectivity index (χ3v) is 6.12. The van der Waals surface area contributed by atoms with E-state index < -0.39 is 0 Å². The molecule has 1 unspecified atom stereocenters. The second-order valence-electron chi connectivity index (χ2n) is 6.39. The van der Waals surface area contributed by atoms with E-state index in [1.54, 1.807) is 17.7 Å². The highest BCUT2D eigenvalue weighted by molar-refractivity contribution is 7.18. The van der Waals surface area contributed by atoms with Gasteiger partial charge in [-0.3, -0.25) is 4.90 Å². The van der Waals surface area contributed by atoms with Crippen LogP contribution in [0.15, 0.2) is 6.33 Å². The SMILES string of the molecule is CCN1CCN(C(C)CNc2ncnc3sc(C)c(C)c23)CC1. The topological polar surface area (TPSA) is 44.3 Å². The van der Waals surface area contributed by atoms with Crippen molar-refractivity contribution in [1.29, 1.82) is 0 Å². The Labute approximate surface area is 142 Å².